The average molecular weight is 1180 g/mol. The summed E-state index contributed by atoms with van der Waals surface area (Å²) in [6.07, 6.45) is -17.9. The minimum Gasteiger partial charge on any atom is -0.462 e. The maximum absolute atomic E-state index is 12.8. The molecule has 0 aromatic carbocycles. The molecule has 9 aliphatic rings. The van der Waals surface area contributed by atoms with Crippen LogP contribution in [0.1, 0.15) is 120 Å². The zero-order chi connectivity index (χ0) is 59.8. The van der Waals surface area contributed by atoms with Gasteiger partial charge < -0.3 is 117 Å². The molecule has 5 heterocycles. The summed E-state index contributed by atoms with van der Waals surface area (Å²) in [7, 11) is 6.11. The van der Waals surface area contributed by atoms with Crippen molar-refractivity contribution in [1.29, 1.82) is 0 Å². The number of rotatable bonds is 17. The van der Waals surface area contributed by atoms with Gasteiger partial charge in [0.2, 0.25) is 0 Å². The maximum Gasteiger partial charge on any atom is 0.302 e. The summed E-state index contributed by atoms with van der Waals surface area (Å²) in [4.78, 5) is 12.6. The van der Waals surface area contributed by atoms with Crippen molar-refractivity contribution in [3.8, 4) is 0 Å². The van der Waals surface area contributed by atoms with Gasteiger partial charge in [-0.3, -0.25) is 4.79 Å². The van der Waals surface area contributed by atoms with Crippen LogP contribution in [0.5, 0.6) is 0 Å². The number of esters is 1. The average Bonchev–Trinajstić information content (AvgIpc) is 3.91. The number of carbonyl (C=O) groups excluding carboxylic acids is 1. The van der Waals surface area contributed by atoms with Crippen molar-refractivity contribution in [2.75, 3.05) is 35.0 Å². The van der Waals surface area contributed by atoms with Crippen molar-refractivity contribution in [2.24, 2.45) is 16.7 Å². The van der Waals surface area contributed by atoms with Gasteiger partial charge in [0, 0.05) is 60.5 Å². The molecule has 0 radical (unpaired) electrons. The maximum atomic E-state index is 12.8. The molecule has 4 aliphatic carbocycles. The van der Waals surface area contributed by atoms with E-state index < -0.39 is 194 Å². The molecule has 0 spiro atoms. The molecule has 5 saturated heterocycles. The van der Waals surface area contributed by atoms with Crippen LogP contribution in [0.3, 0.4) is 0 Å². The number of aliphatic hydroxyl groups is 9. The monoisotopic (exact) mass is 1180 g/mol. The Morgan fingerprint density at radius 3 is 1.66 bits per heavy atom. The molecule has 472 valence electrons. The molecule has 0 unspecified atom stereocenters. The van der Waals surface area contributed by atoms with Crippen molar-refractivity contribution in [2.45, 2.75) is 290 Å². The van der Waals surface area contributed by atoms with Crippen molar-refractivity contribution in [3.05, 3.63) is 11.6 Å². The van der Waals surface area contributed by atoms with Gasteiger partial charge in [-0.15, -0.1) is 0 Å². The van der Waals surface area contributed by atoms with Gasteiger partial charge in [0.05, 0.1) is 67.0 Å². The van der Waals surface area contributed by atoms with Crippen molar-refractivity contribution in [1.82, 2.24) is 0 Å². The largest absolute Gasteiger partial charge is 0.462 e. The van der Waals surface area contributed by atoms with E-state index in [0.29, 0.717) is 32.1 Å². The summed E-state index contributed by atoms with van der Waals surface area (Å²) in [6.45, 7) is 13.1. The number of hydrogen-bond donors (Lipinski definition) is 9. The number of ether oxygens (including phenoxy) is 15. The first-order chi connectivity index (χ1) is 38.7. The first kappa shape index (κ1) is 64.8. The Kier molecular flexibility index (Phi) is 19.8. The fourth-order valence-corrected chi connectivity index (χ4v) is 16.0. The molecule has 31 atom stereocenters. The van der Waals surface area contributed by atoms with E-state index in [-0.39, 0.29) is 38.2 Å². The zero-order valence-electron chi connectivity index (χ0n) is 49.4. The lowest BCUT2D eigenvalue weighted by Gasteiger charge is -2.67. The van der Waals surface area contributed by atoms with Crippen LogP contribution in [-0.4, -0.2) is 257 Å². The van der Waals surface area contributed by atoms with Crippen LogP contribution in [-0.2, 0) is 75.8 Å². The lowest BCUT2D eigenvalue weighted by molar-refractivity contribution is -0.374. The van der Waals surface area contributed by atoms with Gasteiger partial charge in [-0.05, 0) is 85.0 Å². The number of carbonyl (C=O) groups is 1. The molecule has 82 heavy (non-hydrogen) atoms. The summed E-state index contributed by atoms with van der Waals surface area (Å²) in [5.41, 5.74) is -6.43. The number of aliphatic hydroxyl groups excluding tert-OH is 6. The Hall–Kier alpha value is -1.71. The normalized spacial score (nSPS) is 52.9. The van der Waals surface area contributed by atoms with E-state index in [4.69, 9.17) is 71.1 Å². The smallest absolute Gasteiger partial charge is 0.302 e. The van der Waals surface area contributed by atoms with E-state index >= 15 is 0 Å². The fraction of sp³-hybridized carbons (Fsp3) is 0.947. The van der Waals surface area contributed by atoms with Gasteiger partial charge in [0.25, 0.3) is 0 Å². The van der Waals surface area contributed by atoms with Crippen LogP contribution in [0, 0.1) is 16.7 Å². The van der Waals surface area contributed by atoms with Crippen LogP contribution in [0.4, 0.5) is 0 Å². The van der Waals surface area contributed by atoms with Gasteiger partial charge in [-0.1, -0.05) is 25.5 Å². The molecule has 8 fully saturated rings. The molecule has 0 aromatic rings. The van der Waals surface area contributed by atoms with E-state index in [9.17, 15) is 50.8 Å². The molecule has 9 N–H and O–H groups in total. The molecule has 25 heteroatoms. The van der Waals surface area contributed by atoms with Crippen molar-refractivity contribution in [3.63, 3.8) is 0 Å². The molecule has 0 amide bonds. The van der Waals surface area contributed by atoms with E-state index in [1.807, 2.05) is 19.9 Å². The minimum absolute atomic E-state index is 0.0226. The number of hydrogen-bond acceptors (Lipinski definition) is 25. The minimum atomic E-state index is -1.87. The Morgan fingerprint density at radius 1 is 0.634 bits per heavy atom. The Labute approximate surface area is 479 Å². The third kappa shape index (κ3) is 11.2. The third-order valence-corrected chi connectivity index (χ3v) is 20.8. The predicted octanol–water partition coefficient (Wildman–Crippen LogP) is 0.129. The SMILES string of the molecule is CO[C@H]1[C@@H](O)[C@H](O[C@@H]2[C@@H](C)O[C@@H](O[C@H]3[C@@H](OC)C[C@H](O[C@H]4[C@@H](OC)C[C@H](O[C@H]5CC[C@@]6(C)C(=CC[C@]7(O)[C@@H]6C[C@@H](OC(C)=O)[C@@]6(C)[C@]7(O)CC[C@@]6(O)[C@H](C)O)C5)O[C@@H]4C)O[C@@H]3C)C[C@H]2OC)O[C@H](C)[C@H]1O[C@@H]1O[C@H](CO)[C@@H](O)[C@H](O)[C@H]1O. The highest BCUT2D eigenvalue weighted by Crippen LogP contribution is 2.71. The van der Waals surface area contributed by atoms with Gasteiger partial charge in [-0.25, -0.2) is 0 Å². The molecule has 5 aliphatic heterocycles. The number of fused-ring (bicyclic) bond motifs is 5. The van der Waals surface area contributed by atoms with Crippen molar-refractivity contribution < 1.29 is 122 Å². The van der Waals surface area contributed by atoms with Crippen LogP contribution in [0.25, 0.3) is 0 Å². The quantitative estimate of drug-likeness (QED) is 0.0690. The molecule has 0 aromatic heterocycles. The predicted molar refractivity (Wildman–Crippen MR) is 281 cm³/mol. The zero-order valence-corrected chi connectivity index (χ0v) is 49.4. The lowest BCUT2D eigenvalue weighted by atomic mass is 9.42. The Bertz CT molecular complexity index is 2190. The molecule has 9 rings (SSSR count). The van der Waals surface area contributed by atoms with Gasteiger partial charge in [0.15, 0.2) is 31.5 Å². The topological polar surface area (TPSA) is 338 Å². The Morgan fingerprint density at radius 2 is 1.15 bits per heavy atom. The highest BCUT2D eigenvalue weighted by molar-refractivity contribution is 5.66. The highest BCUT2D eigenvalue weighted by atomic mass is 16.8. The standard InChI is InChI=1S/C57H94O25/c1-25-46(33(68-9)20-39(72-25)77-32-14-15-53(7)31(19-32)13-16-56(66)37(53)23-38(76-30(6)60)54(8)55(65,29(5)59)17-18-57(54,56)67)79-40-21-34(69-10)47(26(2)73-40)80-41-22-35(70-11)48(27(3)74-41)81-52-45(64)50(71-12)49(28(4)75-52)82-51-44(63)43(62)42(61)36(24-58)78-51/h13,25-29,32-52,58-59,61-67H,14-24H2,1-12H3/t25-,26-,27-,28-,29+,32+,33+,34+,35-,36-,37-,38-,39+,40+,41+,42-,43+,44-,45-,46-,47-,48-,49-,50+,51+,52+,53+,54-,55-,56+,57-/m1/s1. The lowest BCUT2D eigenvalue weighted by Crippen LogP contribution is -2.78. The van der Waals surface area contributed by atoms with Crippen LogP contribution in [0.2, 0.25) is 0 Å². The van der Waals surface area contributed by atoms with E-state index in [0.717, 1.165) is 5.57 Å². The summed E-state index contributed by atoms with van der Waals surface area (Å²) < 4.78 is 93.0. The molecular formula is C57H94O25. The van der Waals surface area contributed by atoms with E-state index in [1.165, 1.54) is 28.1 Å². The molecular weight excluding hydrogens is 1080 g/mol. The van der Waals surface area contributed by atoms with Crippen LogP contribution in [0.15, 0.2) is 11.6 Å². The third-order valence-electron chi connectivity index (χ3n) is 20.8. The number of methoxy groups -OCH3 is 4. The molecule has 3 saturated carbocycles. The van der Waals surface area contributed by atoms with Crippen molar-refractivity contribution >= 4 is 5.97 Å². The summed E-state index contributed by atoms with van der Waals surface area (Å²) in [5.74, 6) is -1.10. The second kappa shape index (κ2) is 25.0. The van der Waals surface area contributed by atoms with E-state index in [2.05, 4.69) is 6.92 Å². The summed E-state index contributed by atoms with van der Waals surface area (Å²) in [6, 6.07) is 0. The second-order valence-corrected chi connectivity index (χ2v) is 25.2. The van der Waals surface area contributed by atoms with Gasteiger partial charge in [-0.2, -0.15) is 0 Å². The first-order valence-corrected chi connectivity index (χ1v) is 29.4. The first-order valence-electron chi connectivity index (χ1n) is 29.4. The van der Waals surface area contributed by atoms with Gasteiger partial charge in [0.1, 0.15) is 83.9 Å². The van der Waals surface area contributed by atoms with Crippen LogP contribution >= 0.6 is 0 Å². The van der Waals surface area contributed by atoms with Crippen LogP contribution < -0.4 is 0 Å². The fourth-order valence-electron chi connectivity index (χ4n) is 16.0. The highest BCUT2D eigenvalue weighted by Gasteiger charge is 2.81. The summed E-state index contributed by atoms with van der Waals surface area (Å²) in [5, 5.41) is 101. The van der Waals surface area contributed by atoms with Gasteiger partial charge >= 0.3 is 5.97 Å². The summed E-state index contributed by atoms with van der Waals surface area (Å²) >= 11 is 0. The van der Waals surface area contributed by atoms with E-state index in [1.54, 1.807) is 35.0 Å². The second-order valence-electron chi connectivity index (χ2n) is 25.2. The molecule has 25 nitrogen and oxygen atoms in total. The molecule has 0 bridgehead atoms. The Balaban J connectivity index is 0.774.